The SMILES string of the molecule is CNC1CCN(C(=O)N[C@H](C(=O)N2CSCC2C(=O)N[C@@H](Cc2ccccc2)C(=O)C(=O)OC(C)C)C(C)C)CC1. The van der Waals surface area contributed by atoms with Crippen molar-refractivity contribution in [3.05, 3.63) is 35.9 Å². The summed E-state index contributed by atoms with van der Waals surface area (Å²) in [5.74, 6) is -2.36. The predicted octanol–water partition coefficient (Wildman–Crippen LogP) is 1.55. The number of piperidine rings is 1. The van der Waals surface area contributed by atoms with E-state index < -0.39 is 41.9 Å². The highest BCUT2D eigenvalue weighted by Gasteiger charge is 2.41. The van der Waals surface area contributed by atoms with Crippen LogP contribution >= 0.6 is 11.8 Å². The first-order chi connectivity index (χ1) is 19.5. The van der Waals surface area contributed by atoms with Gasteiger partial charge in [0.05, 0.1) is 12.0 Å². The zero-order valence-electron chi connectivity index (χ0n) is 24.6. The number of hydrogen-bond acceptors (Lipinski definition) is 8. The van der Waals surface area contributed by atoms with Crippen molar-refractivity contribution < 1.29 is 28.7 Å². The fourth-order valence-electron chi connectivity index (χ4n) is 4.91. The summed E-state index contributed by atoms with van der Waals surface area (Å²) in [6, 6.07) is 6.30. The van der Waals surface area contributed by atoms with Gasteiger partial charge in [0, 0.05) is 31.3 Å². The Hall–Kier alpha value is -3.12. The molecule has 3 N–H and O–H groups in total. The normalized spacial score (nSPS) is 19.1. The number of nitrogens with zero attached hydrogens (tertiary/aromatic N) is 2. The number of ether oxygens (including phenoxy) is 1. The lowest BCUT2D eigenvalue weighted by molar-refractivity contribution is -0.158. The summed E-state index contributed by atoms with van der Waals surface area (Å²) in [4.78, 5) is 68.9. The van der Waals surface area contributed by atoms with Gasteiger partial charge in [0.2, 0.25) is 11.8 Å². The van der Waals surface area contributed by atoms with E-state index in [1.807, 2.05) is 39.1 Å². The molecule has 0 saturated carbocycles. The van der Waals surface area contributed by atoms with Crippen molar-refractivity contribution in [1.29, 1.82) is 0 Å². The van der Waals surface area contributed by atoms with Crippen molar-refractivity contribution in [3.8, 4) is 0 Å². The number of ketones is 1. The van der Waals surface area contributed by atoms with Gasteiger partial charge in [-0.3, -0.25) is 14.4 Å². The Balaban J connectivity index is 1.71. The van der Waals surface area contributed by atoms with E-state index >= 15 is 0 Å². The van der Waals surface area contributed by atoms with Gasteiger partial charge in [-0.1, -0.05) is 44.2 Å². The summed E-state index contributed by atoms with van der Waals surface area (Å²) in [6.07, 6.45) is 1.28. The minimum Gasteiger partial charge on any atom is -0.457 e. The van der Waals surface area contributed by atoms with Crippen LogP contribution in [0.5, 0.6) is 0 Å². The third-order valence-electron chi connectivity index (χ3n) is 7.33. The quantitative estimate of drug-likeness (QED) is 0.261. The molecule has 3 rings (SSSR count). The minimum absolute atomic E-state index is 0.0985. The number of carbonyl (C=O) groups is 5. The predicted molar refractivity (Wildman–Crippen MR) is 157 cm³/mol. The average Bonchev–Trinajstić information content (AvgIpc) is 3.45. The molecular formula is C29H43N5O6S. The molecule has 1 unspecified atom stereocenters. The molecule has 2 aliphatic rings. The molecule has 1 aromatic rings. The van der Waals surface area contributed by atoms with E-state index in [2.05, 4.69) is 16.0 Å². The third kappa shape index (κ3) is 8.93. The second-order valence-corrected chi connectivity index (χ2v) is 12.1. The zero-order valence-corrected chi connectivity index (χ0v) is 25.4. The van der Waals surface area contributed by atoms with Crippen LogP contribution in [0.2, 0.25) is 0 Å². The van der Waals surface area contributed by atoms with Crippen LogP contribution in [0.25, 0.3) is 0 Å². The third-order valence-corrected chi connectivity index (χ3v) is 8.34. The van der Waals surface area contributed by atoms with Gasteiger partial charge in [-0.2, -0.15) is 0 Å². The highest BCUT2D eigenvalue weighted by atomic mass is 32.2. The van der Waals surface area contributed by atoms with Crippen molar-refractivity contribution >= 4 is 41.4 Å². The number of hydrogen-bond donors (Lipinski definition) is 3. The van der Waals surface area contributed by atoms with Crippen LogP contribution in [0.1, 0.15) is 46.1 Å². The second kappa shape index (κ2) is 15.2. The molecule has 41 heavy (non-hydrogen) atoms. The fraction of sp³-hybridized carbons (Fsp3) is 0.621. The van der Waals surface area contributed by atoms with Crippen LogP contribution in [0.4, 0.5) is 4.79 Å². The summed E-state index contributed by atoms with van der Waals surface area (Å²) >= 11 is 1.42. The Labute approximate surface area is 246 Å². The lowest BCUT2D eigenvalue weighted by Crippen LogP contribution is -2.59. The van der Waals surface area contributed by atoms with Crippen LogP contribution in [-0.2, 0) is 30.3 Å². The number of benzene rings is 1. The molecule has 4 amide bonds. The lowest BCUT2D eigenvalue weighted by Gasteiger charge is -2.35. The standard InChI is InChI=1S/C29H43N5O6S/c1-18(2)24(32-29(39)33-13-11-21(30-5)12-14-33)27(37)34-17-41-16-23(34)26(36)31-22(15-20-9-7-6-8-10-20)25(35)28(38)40-19(3)4/h6-10,18-19,21-24,30H,11-17H2,1-5H3,(H,31,36)(H,32,39)/t22-,23?,24-/m0/s1. The zero-order chi connectivity index (χ0) is 30.1. The van der Waals surface area contributed by atoms with E-state index in [9.17, 15) is 24.0 Å². The first-order valence-electron chi connectivity index (χ1n) is 14.2. The van der Waals surface area contributed by atoms with Gasteiger partial charge in [0.15, 0.2) is 0 Å². The smallest absolute Gasteiger partial charge is 0.377 e. The fourth-order valence-corrected chi connectivity index (χ4v) is 6.07. The molecule has 0 bridgehead atoms. The summed E-state index contributed by atoms with van der Waals surface area (Å²) in [7, 11) is 1.91. The van der Waals surface area contributed by atoms with Crippen LogP contribution in [0.15, 0.2) is 30.3 Å². The van der Waals surface area contributed by atoms with Crippen LogP contribution < -0.4 is 16.0 Å². The molecule has 11 nitrogen and oxygen atoms in total. The van der Waals surface area contributed by atoms with E-state index in [-0.39, 0.29) is 30.2 Å². The van der Waals surface area contributed by atoms with Gasteiger partial charge < -0.3 is 30.5 Å². The van der Waals surface area contributed by atoms with E-state index in [1.54, 1.807) is 30.9 Å². The van der Waals surface area contributed by atoms with E-state index in [0.717, 1.165) is 18.4 Å². The van der Waals surface area contributed by atoms with E-state index in [4.69, 9.17) is 4.74 Å². The van der Waals surface area contributed by atoms with Gasteiger partial charge in [-0.15, -0.1) is 11.8 Å². The number of nitrogens with one attached hydrogen (secondary N) is 3. The number of urea groups is 1. The van der Waals surface area contributed by atoms with Gasteiger partial charge in [-0.25, -0.2) is 9.59 Å². The molecule has 0 radical (unpaired) electrons. The number of Topliss-reactive ketones (excluding diaryl/α,β-unsaturated/α-hetero) is 1. The van der Waals surface area contributed by atoms with Gasteiger partial charge in [-0.05, 0) is 45.2 Å². The van der Waals surface area contributed by atoms with Gasteiger partial charge in [0.1, 0.15) is 18.1 Å². The van der Waals surface area contributed by atoms with Crippen LogP contribution in [0.3, 0.4) is 0 Å². The molecule has 2 aliphatic heterocycles. The maximum atomic E-state index is 13.7. The Morgan fingerprint density at radius 2 is 1.66 bits per heavy atom. The Kier molecular flexibility index (Phi) is 12.0. The van der Waals surface area contributed by atoms with Crippen LogP contribution in [-0.4, -0.2) is 101 Å². The number of likely N-dealkylation sites (tertiary alicyclic amines) is 1. The topological polar surface area (TPSA) is 137 Å². The maximum absolute atomic E-state index is 13.7. The highest BCUT2D eigenvalue weighted by molar-refractivity contribution is 7.99. The minimum atomic E-state index is -1.15. The summed E-state index contributed by atoms with van der Waals surface area (Å²) in [6.45, 7) is 8.17. The molecule has 12 heteroatoms. The van der Waals surface area contributed by atoms with Crippen molar-refractivity contribution in [2.45, 2.75) is 77.2 Å². The molecule has 2 saturated heterocycles. The molecule has 0 spiro atoms. The first kappa shape index (κ1) is 32.4. The highest BCUT2D eigenvalue weighted by Crippen LogP contribution is 2.24. The number of esters is 1. The monoisotopic (exact) mass is 589 g/mol. The van der Waals surface area contributed by atoms with Crippen LogP contribution in [0, 0.1) is 5.92 Å². The molecule has 0 aromatic heterocycles. The molecule has 3 atom stereocenters. The number of thioether (sulfide) groups is 1. The van der Waals surface area contributed by atoms with Gasteiger partial charge >= 0.3 is 12.0 Å². The summed E-state index contributed by atoms with van der Waals surface area (Å²) < 4.78 is 5.10. The molecule has 2 heterocycles. The average molecular weight is 590 g/mol. The Morgan fingerprint density at radius 3 is 2.24 bits per heavy atom. The summed E-state index contributed by atoms with van der Waals surface area (Å²) in [5, 5.41) is 8.85. The summed E-state index contributed by atoms with van der Waals surface area (Å²) in [5.41, 5.74) is 0.763. The van der Waals surface area contributed by atoms with E-state index in [1.165, 1.54) is 16.7 Å². The molecule has 2 fully saturated rings. The van der Waals surface area contributed by atoms with Gasteiger partial charge in [0.25, 0.3) is 5.78 Å². The molecular weight excluding hydrogens is 546 g/mol. The molecule has 1 aromatic carbocycles. The first-order valence-corrected chi connectivity index (χ1v) is 15.4. The van der Waals surface area contributed by atoms with Crippen molar-refractivity contribution in [1.82, 2.24) is 25.8 Å². The van der Waals surface area contributed by atoms with Crippen molar-refractivity contribution in [2.75, 3.05) is 31.8 Å². The maximum Gasteiger partial charge on any atom is 0.377 e. The number of carbonyl (C=O) groups excluding carboxylic acids is 5. The lowest BCUT2D eigenvalue weighted by atomic mass is 10.0. The Morgan fingerprint density at radius 1 is 1.00 bits per heavy atom. The molecule has 0 aliphatic carbocycles. The number of amides is 4. The van der Waals surface area contributed by atoms with Crippen molar-refractivity contribution in [2.24, 2.45) is 5.92 Å². The Bertz CT molecular complexity index is 1080. The van der Waals surface area contributed by atoms with E-state index in [0.29, 0.717) is 24.9 Å². The van der Waals surface area contributed by atoms with Crippen molar-refractivity contribution in [3.63, 3.8) is 0 Å². The number of rotatable bonds is 11. The largest absolute Gasteiger partial charge is 0.457 e. The second-order valence-electron chi connectivity index (χ2n) is 11.1. The molecule has 226 valence electrons.